The van der Waals surface area contributed by atoms with Gasteiger partial charge in [0.05, 0.1) is 6.04 Å². The van der Waals surface area contributed by atoms with Crippen LogP contribution in [0.4, 0.5) is 10.5 Å². The third-order valence-corrected chi connectivity index (χ3v) is 6.47. The highest BCUT2D eigenvalue weighted by molar-refractivity contribution is 7.09. The highest BCUT2D eigenvalue weighted by Crippen LogP contribution is 2.21. The maximum Gasteiger partial charge on any atom is 0.319 e. The van der Waals surface area contributed by atoms with Gasteiger partial charge < -0.3 is 20.7 Å². The van der Waals surface area contributed by atoms with Gasteiger partial charge in [0.25, 0.3) is 5.91 Å². The van der Waals surface area contributed by atoms with Crippen molar-refractivity contribution in [2.75, 3.05) is 5.32 Å². The van der Waals surface area contributed by atoms with Crippen LogP contribution in [0.3, 0.4) is 0 Å². The molecule has 2 aromatic carbocycles. The second-order valence-electron chi connectivity index (χ2n) is 7.80. The van der Waals surface area contributed by atoms with E-state index in [0.717, 1.165) is 31.4 Å². The normalized spacial score (nSPS) is 17.7. The lowest BCUT2D eigenvalue weighted by Crippen LogP contribution is -2.54. The molecule has 0 bridgehead atoms. The average Bonchev–Trinajstić information content (AvgIpc) is 3.30. The molecule has 2 atom stereocenters. The summed E-state index contributed by atoms with van der Waals surface area (Å²) >= 11 is 7.26. The fourth-order valence-electron chi connectivity index (χ4n) is 3.73. The van der Waals surface area contributed by atoms with Gasteiger partial charge in [0, 0.05) is 22.1 Å². The summed E-state index contributed by atoms with van der Waals surface area (Å²) in [5, 5.41) is 12.0. The Morgan fingerprint density at radius 2 is 1.70 bits per heavy atom. The van der Waals surface area contributed by atoms with E-state index in [2.05, 4.69) is 20.9 Å². The standard InChI is InChI=1S/C24H25ClN4O3S/c25-16-10-12-18(13-11-16)32-14-22-27-21(15-33-22)23(30)28-19-8-4-5-9-20(19)29-24(31)26-17-6-2-1-3-7-17/h1-3,6-7,10-13,15,19-20H,4-5,8-9,14H2,(H,28,30)(H2,26,29,31)/t19-,20+/m1/s1. The van der Waals surface area contributed by atoms with E-state index in [1.54, 1.807) is 29.6 Å². The van der Waals surface area contributed by atoms with Gasteiger partial charge >= 0.3 is 6.03 Å². The van der Waals surface area contributed by atoms with Crippen LogP contribution < -0.4 is 20.7 Å². The van der Waals surface area contributed by atoms with Crippen molar-refractivity contribution in [2.45, 2.75) is 44.4 Å². The van der Waals surface area contributed by atoms with E-state index >= 15 is 0 Å². The molecule has 7 nitrogen and oxygen atoms in total. The van der Waals surface area contributed by atoms with Crippen LogP contribution in [0.2, 0.25) is 5.02 Å². The second-order valence-corrected chi connectivity index (χ2v) is 9.18. The molecule has 0 unspecified atom stereocenters. The van der Waals surface area contributed by atoms with Gasteiger partial charge in [-0.25, -0.2) is 9.78 Å². The van der Waals surface area contributed by atoms with Crippen LogP contribution in [-0.2, 0) is 6.61 Å². The van der Waals surface area contributed by atoms with Crippen molar-refractivity contribution < 1.29 is 14.3 Å². The number of amides is 3. The average molecular weight is 485 g/mol. The highest BCUT2D eigenvalue weighted by atomic mass is 35.5. The summed E-state index contributed by atoms with van der Waals surface area (Å²) in [5.74, 6) is 0.441. The number of urea groups is 1. The number of para-hydroxylation sites is 1. The summed E-state index contributed by atoms with van der Waals surface area (Å²) in [6, 6.07) is 15.8. The molecule has 3 aromatic rings. The number of rotatable bonds is 7. The van der Waals surface area contributed by atoms with E-state index in [1.807, 2.05) is 30.3 Å². The number of halogens is 1. The molecule has 1 aliphatic rings. The molecule has 1 aliphatic carbocycles. The Morgan fingerprint density at radius 3 is 2.42 bits per heavy atom. The van der Waals surface area contributed by atoms with Crippen LogP contribution in [0.25, 0.3) is 0 Å². The van der Waals surface area contributed by atoms with Crippen molar-refractivity contribution in [1.82, 2.24) is 15.6 Å². The van der Waals surface area contributed by atoms with Crippen LogP contribution in [0.15, 0.2) is 60.0 Å². The number of hydrogen-bond donors (Lipinski definition) is 3. The van der Waals surface area contributed by atoms with Gasteiger partial charge in [0.1, 0.15) is 23.1 Å². The molecule has 1 aromatic heterocycles. The van der Waals surface area contributed by atoms with Gasteiger partial charge in [0.15, 0.2) is 0 Å². The van der Waals surface area contributed by atoms with Gasteiger partial charge in [-0.2, -0.15) is 0 Å². The monoisotopic (exact) mass is 484 g/mol. The summed E-state index contributed by atoms with van der Waals surface area (Å²) in [6.45, 7) is 0.271. The highest BCUT2D eigenvalue weighted by Gasteiger charge is 2.28. The first-order chi connectivity index (χ1) is 16.1. The maximum absolute atomic E-state index is 12.8. The Labute approximate surface area is 201 Å². The molecule has 0 saturated heterocycles. The van der Waals surface area contributed by atoms with Crippen LogP contribution in [0.5, 0.6) is 5.75 Å². The molecule has 172 valence electrons. The topological polar surface area (TPSA) is 92.4 Å². The zero-order chi connectivity index (χ0) is 23.0. The smallest absolute Gasteiger partial charge is 0.319 e. The number of thiazole rings is 1. The molecule has 1 fully saturated rings. The fraction of sp³-hybridized carbons (Fsp3) is 0.292. The molecule has 4 rings (SSSR count). The quantitative estimate of drug-likeness (QED) is 0.427. The summed E-state index contributed by atoms with van der Waals surface area (Å²) < 4.78 is 5.70. The first-order valence-electron chi connectivity index (χ1n) is 10.8. The Kier molecular flexibility index (Phi) is 7.80. The van der Waals surface area contributed by atoms with Crippen molar-refractivity contribution in [2.24, 2.45) is 0 Å². The predicted molar refractivity (Wildman–Crippen MR) is 130 cm³/mol. The third kappa shape index (κ3) is 6.69. The Balaban J connectivity index is 1.30. The van der Waals surface area contributed by atoms with E-state index in [9.17, 15) is 9.59 Å². The summed E-state index contributed by atoms with van der Waals surface area (Å²) in [6.07, 6.45) is 3.62. The number of carbonyl (C=O) groups is 2. The van der Waals surface area contributed by atoms with E-state index in [1.165, 1.54) is 11.3 Å². The number of ether oxygens (including phenoxy) is 1. The molecule has 0 radical (unpaired) electrons. The van der Waals surface area contributed by atoms with Gasteiger partial charge in [0.2, 0.25) is 0 Å². The maximum atomic E-state index is 12.8. The molecular formula is C24H25ClN4O3S. The van der Waals surface area contributed by atoms with Gasteiger partial charge in [-0.05, 0) is 49.2 Å². The van der Waals surface area contributed by atoms with Crippen LogP contribution in [0.1, 0.15) is 41.2 Å². The number of nitrogens with one attached hydrogen (secondary N) is 3. The zero-order valence-corrected chi connectivity index (χ0v) is 19.5. The number of benzene rings is 2. The summed E-state index contributed by atoms with van der Waals surface area (Å²) in [7, 11) is 0. The molecular weight excluding hydrogens is 460 g/mol. The van der Waals surface area contributed by atoms with Crippen LogP contribution in [-0.4, -0.2) is 29.0 Å². The van der Waals surface area contributed by atoms with Crippen molar-refractivity contribution in [3.05, 3.63) is 75.7 Å². The lowest BCUT2D eigenvalue weighted by atomic mass is 9.90. The molecule has 1 heterocycles. The molecule has 3 amide bonds. The van der Waals surface area contributed by atoms with Crippen LogP contribution in [0, 0.1) is 0 Å². The minimum absolute atomic E-state index is 0.141. The van der Waals surface area contributed by atoms with Crippen molar-refractivity contribution in [1.29, 1.82) is 0 Å². The van der Waals surface area contributed by atoms with E-state index in [4.69, 9.17) is 16.3 Å². The first kappa shape index (κ1) is 23.1. The fourth-order valence-corrected chi connectivity index (χ4v) is 4.54. The van der Waals surface area contributed by atoms with Crippen molar-refractivity contribution >= 4 is 40.6 Å². The number of hydrogen-bond acceptors (Lipinski definition) is 5. The Bertz CT molecular complexity index is 1070. The van der Waals surface area contributed by atoms with E-state index < -0.39 is 0 Å². The minimum Gasteiger partial charge on any atom is -0.486 e. The number of anilines is 1. The van der Waals surface area contributed by atoms with E-state index in [-0.39, 0.29) is 30.6 Å². The van der Waals surface area contributed by atoms with Crippen molar-refractivity contribution in [3.8, 4) is 5.75 Å². The molecule has 3 N–H and O–H groups in total. The number of aromatic nitrogens is 1. The number of carbonyl (C=O) groups excluding carboxylic acids is 2. The molecule has 1 saturated carbocycles. The summed E-state index contributed by atoms with van der Waals surface area (Å²) in [4.78, 5) is 29.6. The largest absolute Gasteiger partial charge is 0.486 e. The predicted octanol–water partition coefficient (Wildman–Crippen LogP) is 5.24. The second kappa shape index (κ2) is 11.2. The van der Waals surface area contributed by atoms with Crippen LogP contribution >= 0.6 is 22.9 Å². The van der Waals surface area contributed by atoms with Gasteiger partial charge in [-0.1, -0.05) is 42.6 Å². The summed E-state index contributed by atoms with van der Waals surface area (Å²) in [5.41, 5.74) is 1.08. The minimum atomic E-state index is -0.275. The SMILES string of the molecule is O=C(Nc1ccccc1)N[C@H]1CCCC[C@H]1NC(=O)c1csc(COc2ccc(Cl)cc2)n1. The lowest BCUT2D eigenvalue weighted by molar-refractivity contribution is 0.0911. The van der Waals surface area contributed by atoms with Crippen molar-refractivity contribution in [3.63, 3.8) is 0 Å². The molecule has 0 aliphatic heterocycles. The van der Waals surface area contributed by atoms with Gasteiger partial charge in [-0.15, -0.1) is 11.3 Å². The first-order valence-corrected chi connectivity index (χ1v) is 12.1. The third-order valence-electron chi connectivity index (χ3n) is 5.39. The lowest BCUT2D eigenvalue weighted by Gasteiger charge is -2.32. The Hall–Kier alpha value is -3.10. The molecule has 0 spiro atoms. The van der Waals surface area contributed by atoms with Gasteiger partial charge in [-0.3, -0.25) is 4.79 Å². The zero-order valence-electron chi connectivity index (χ0n) is 17.9. The molecule has 9 heteroatoms. The Morgan fingerprint density at radius 1 is 1.00 bits per heavy atom. The van der Waals surface area contributed by atoms with E-state index in [0.29, 0.717) is 21.5 Å². The number of nitrogens with zero attached hydrogens (tertiary/aromatic N) is 1. The molecule has 33 heavy (non-hydrogen) atoms.